The molecule has 162 valence electrons. The third kappa shape index (κ3) is 6.11. The largest absolute Gasteiger partial charge is 0.326 e. The zero-order chi connectivity index (χ0) is 22.4. The lowest BCUT2D eigenvalue weighted by Crippen LogP contribution is -2.48. The summed E-state index contributed by atoms with van der Waals surface area (Å²) in [7, 11) is 0. The number of rotatable bonds is 7. The van der Waals surface area contributed by atoms with E-state index in [1.165, 1.54) is 11.3 Å². The third-order valence-electron chi connectivity index (χ3n) is 4.75. The lowest BCUT2D eigenvalue weighted by molar-refractivity contribution is -0.118. The lowest BCUT2D eigenvalue weighted by atomic mass is 10.0. The van der Waals surface area contributed by atoms with Crippen LogP contribution in [0.5, 0.6) is 0 Å². The number of hydrogen-bond donors (Lipinski definition) is 3. The van der Waals surface area contributed by atoms with Gasteiger partial charge in [-0.2, -0.15) is 0 Å². The zero-order valence-electron chi connectivity index (χ0n) is 18.1. The van der Waals surface area contributed by atoms with E-state index in [9.17, 15) is 9.59 Å². The SMILES string of the molecule is CCc1cccc(NC(=O)NC(C(=O)Nc2nnc(-c3cccc(C)c3)s2)C(C)C)c1. The Labute approximate surface area is 186 Å². The maximum atomic E-state index is 12.8. The smallest absolute Gasteiger partial charge is 0.319 e. The van der Waals surface area contributed by atoms with Gasteiger partial charge in [0.15, 0.2) is 0 Å². The monoisotopic (exact) mass is 437 g/mol. The van der Waals surface area contributed by atoms with Crippen LogP contribution in [0.1, 0.15) is 31.9 Å². The number of carbonyl (C=O) groups excluding carboxylic acids is 2. The number of hydrogen-bond acceptors (Lipinski definition) is 5. The summed E-state index contributed by atoms with van der Waals surface area (Å²) in [5, 5.41) is 17.7. The van der Waals surface area contributed by atoms with Crippen molar-refractivity contribution in [2.24, 2.45) is 5.92 Å². The predicted octanol–water partition coefficient (Wildman–Crippen LogP) is 4.86. The molecule has 0 radical (unpaired) electrons. The van der Waals surface area contributed by atoms with Crippen molar-refractivity contribution in [1.29, 1.82) is 0 Å². The van der Waals surface area contributed by atoms with Gasteiger partial charge in [-0.1, -0.05) is 68.0 Å². The Morgan fingerprint density at radius 2 is 1.81 bits per heavy atom. The number of amides is 3. The molecule has 2 aromatic carbocycles. The minimum Gasteiger partial charge on any atom is -0.326 e. The first-order valence-corrected chi connectivity index (χ1v) is 11.0. The molecule has 0 bridgehead atoms. The van der Waals surface area contributed by atoms with Crippen molar-refractivity contribution in [2.45, 2.75) is 40.2 Å². The fraction of sp³-hybridized carbons (Fsp3) is 0.304. The molecule has 3 rings (SSSR count). The number of nitrogens with zero attached hydrogens (tertiary/aromatic N) is 2. The number of aromatic nitrogens is 2. The molecule has 8 heteroatoms. The Morgan fingerprint density at radius 3 is 2.52 bits per heavy atom. The van der Waals surface area contributed by atoms with Gasteiger partial charge in [0, 0.05) is 11.3 Å². The van der Waals surface area contributed by atoms with Gasteiger partial charge in [-0.15, -0.1) is 10.2 Å². The second-order valence-electron chi connectivity index (χ2n) is 7.65. The predicted molar refractivity (Wildman–Crippen MR) is 125 cm³/mol. The molecule has 31 heavy (non-hydrogen) atoms. The molecule has 1 aromatic heterocycles. The number of nitrogens with one attached hydrogen (secondary N) is 3. The molecule has 0 saturated carbocycles. The van der Waals surface area contributed by atoms with E-state index in [-0.39, 0.29) is 11.8 Å². The summed E-state index contributed by atoms with van der Waals surface area (Å²) in [5.74, 6) is -0.448. The van der Waals surface area contributed by atoms with Gasteiger partial charge in [0.25, 0.3) is 0 Å². The van der Waals surface area contributed by atoms with E-state index in [0.717, 1.165) is 28.1 Å². The van der Waals surface area contributed by atoms with Gasteiger partial charge in [-0.05, 0) is 43.0 Å². The van der Waals surface area contributed by atoms with Crippen molar-refractivity contribution >= 4 is 34.1 Å². The van der Waals surface area contributed by atoms with E-state index in [1.807, 2.05) is 69.3 Å². The van der Waals surface area contributed by atoms with Gasteiger partial charge in [-0.25, -0.2) is 4.79 Å². The quantitative estimate of drug-likeness (QED) is 0.492. The number of aryl methyl sites for hydroxylation is 2. The Bertz CT molecular complexity index is 1060. The summed E-state index contributed by atoms with van der Waals surface area (Å²) in [4.78, 5) is 25.3. The molecule has 0 saturated heterocycles. The van der Waals surface area contributed by atoms with Crippen LogP contribution in [0.3, 0.4) is 0 Å². The average Bonchev–Trinajstić information content (AvgIpc) is 3.20. The molecule has 3 amide bonds. The first-order chi connectivity index (χ1) is 14.9. The van der Waals surface area contributed by atoms with Gasteiger partial charge >= 0.3 is 6.03 Å². The van der Waals surface area contributed by atoms with Crippen molar-refractivity contribution in [3.05, 3.63) is 59.7 Å². The Hall–Kier alpha value is -3.26. The van der Waals surface area contributed by atoms with E-state index in [2.05, 4.69) is 33.1 Å². The van der Waals surface area contributed by atoms with Crippen molar-refractivity contribution in [1.82, 2.24) is 15.5 Å². The molecular formula is C23H27N5O2S. The molecule has 0 spiro atoms. The third-order valence-corrected chi connectivity index (χ3v) is 5.64. The standard InChI is InChI=1S/C23H27N5O2S/c1-5-16-9-7-11-18(13-16)24-22(30)25-19(14(2)3)20(29)26-23-28-27-21(31-23)17-10-6-8-15(4)12-17/h6-14,19H,5H2,1-4H3,(H2,24,25,30)(H,26,28,29). The van der Waals surface area contributed by atoms with Crippen LogP contribution in [-0.2, 0) is 11.2 Å². The summed E-state index contributed by atoms with van der Waals surface area (Å²) < 4.78 is 0. The van der Waals surface area contributed by atoms with Crippen LogP contribution in [0.4, 0.5) is 15.6 Å². The molecule has 0 aliphatic rings. The van der Waals surface area contributed by atoms with Crippen LogP contribution in [0, 0.1) is 12.8 Å². The maximum Gasteiger partial charge on any atom is 0.319 e. The maximum absolute atomic E-state index is 12.8. The van der Waals surface area contributed by atoms with Crippen molar-refractivity contribution in [2.75, 3.05) is 10.6 Å². The van der Waals surface area contributed by atoms with Gasteiger partial charge in [0.05, 0.1) is 0 Å². The fourth-order valence-electron chi connectivity index (χ4n) is 3.06. The summed E-state index contributed by atoms with van der Waals surface area (Å²) in [5.41, 5.74) is 3.88. The second-order valence-corrected chi connectivity index (χ2v) is 8.62. The number of benzene rings is 2. The minimum atomic E-state index is -0.722. The Balaban J connectivity index is 1.64. The molecular weight excluding hydrogens is 410 g/mol. The molecule has 1 atom stereocenters. The molecule has 0 aliphatic carbocycles. The van der Waals surface area contributed by atoms with Gasteiger partial charge in [0.1, 0.15) is 11.0 Å². The average molecular weight is 438 g/mol. The normalized spacial score (nSPS) is 11.8. The van der Waals surface area contributed by atoms with Crippen LogP contribution >= 0.6 is 11.3 Å². The molecule has 0 fully saturated rings. The highest BCUT2D eigenvalue weighted by Crippen LogP contribution is 2.27. The minimum absolute atomic E-state index is 0.114. The first kappa shape index (κ1) is 22.4. The molecule has 0 aliphatic heterocycles. The van der Waals surface area contributed by atoms with Crippen LogP contribution in [0.2, 0.25) is 0 Å². The summed E-state index contributed by atoms with van der Waals surface area (Å²) >= 11 is 1.30. The number of urea groups is 1. The molecule has 1 unspecified atom stereocenters. The van der Waals surface area contributed by atoms with Gasteiger partial charge < -0.3 is 10.6 Å². The van der Waals surface area contributed by atoms with E-state index in [1.54, 1.807) is 0 Å². The van der Waals surface area contributed by atoms with Gasteiger partial charge in [0.2, 0.25) is 11.0 Å². The first-order valence-electron chi connectivity index (χ1n) is 10.2. The van der Waals surface area contributed by atoms with Crippen molar-refractivity contribution in [3.63, 3.8) is 0 Å². The van der Waals surface area contributed by atoms with E-state index < -0.39 is 12.1 Å². The van der Waals surface area contributed by atoms with Crippen LogP contribution in [0.25, 0.3) is 10.6 Å². The van der Waals surface area contributed by atoms with Crippen LogP contribution < -0.4 is 16.0 Å². The highest BCUT2D eigenvalue weighted by atomic mass is 32.1. The summed E-state index contributed by atoms with van der Waals surface area (Å²) in [6.45, 7) is 7.81. The van der Waals surface area contributed by atoms with E-state index >= 15 is 0 Å². The fourth-order valence-corrected chi connectivity index (χ4v) is 3.81. The lowest BCUT2D eigenvalue weighted by Gasteiger charge is -2.21. The molecule has 3 aromatic rings. The summed E-state index contributed by atoms with van der Waals surface area (Å²) in [6.07, 6.45) is 0.876. The van der Waals surface area contributed by atoms with E-state index in [4.69, 9.17) is 0 Å². The van der Waals surface area contributed by atoms with Crippen LogP contribution in [0.15, 0.2) is 48.5 Å². The van der Waals surface area contributed by atoms with Crippen LogP contribution in [-0.4, -0.2) is 28.2 Å². The highest BCUT2D eigenvalue weighted by molar-refractivity contribution is 7.18. The van der Waals surface area contributed by atoms with Crippen molar-refractivity contribution < 1.29 is 9.59 Å². The Morgan fingerprint density at radius 1 is 1.03 bits per heavy atom. The second kappa shape index (κ2) is 10.2. The summed E-state index contributed by atoms with van der Waals surface area (Å²) in [6, 6.07) is 14.4. The molecule has 7 nitrogen and oxygen atoms in total. The van der Waals surface area contributed by atoms with Crippen molar-refractivity contribution in [3.8, 4) is 10.6 Å². The highest BCUT2D eigenvalue weighted by Gasteiger charge is 2.25. The number of anilines is 2. The van der Waals surface area contributed by atoms with E-state index in [0.29, 0.717) is 10.8 Å². The van der Waals surface area contributed by atoms with Gasteiger partial charge in [-0.3, -0.25) is 10.1 Å². The zero-order valence-corrected chi connectivity index (χ0v) is 18.9. The molecule has 1 heterocycles. The topological polar surface area (TPSA) is 96.0 Å². The Kier molecular flexibility index (Phi) is 7.36. The number of carbonyl (C=O) groups is 2. The molecule has 3 N–H and O–H groups in total.